The molecular formula is C21H26F3IN4O2. The number of carbonyl (C=O) groups is 1. The molecule has 0 radical (unpaired) electrons. The lowest BCUT2D eigenvalue weighted by Crippen LogP contribution is -2.43. The molecule has 0 aromatic heterocycles. The molecule has 0 aliphatic heterocycles. The SMILES string of the molecule is CN=C(NCCNC(=O)c1ccc(C(F)(F)F)cc1)NCC(CO)c1ccccc1.I. The molecule has 2 aromatic rings. The van der Waals surface area contributed by atoms with E-state index in [2.05, 4.69) is 20.9 Å². The normalized spacial score (nSPS) is 12.5. The van der Waals surface area contributed by atoms with Crippen molar-refractivity contribution in [2.75, 3.05) is 33.3 Å². The highest BCUT2D eigenvalue weighted by atomic mass is 127. The van der Waals surface area contributed by atoms with Gasteiger partial charge in [0.1, 0.15) is 0 Å². The predicted molar refractivity (Wildman–Crippen MR) is 125 cm³/mol. The third-order valence-corrected chi connectivity index (χ3v) is 4.41. The highest BCUT2D eigenvalue weighted by Gasteiger charge is 2.30. The first-order valence-corrected chi connectivity index (χ1v) is 9.41. The van der Waals surface area contributed by atoms with Gasteiger partial charge in [0, 0.05) is 38.2 Å². The van der Waals surface area contributed by atoms with Crippen molar-refractivity contribution < 1.29 is 23.1 Å². The first-order valence-electron chi connectivity index (χ1n) is 9.41. The fraction of sp³-hybridized carbons (Fsp3) is 0.333. The monoisotopic (exact) mass is 550 g/mol. The number of aliphatic hydroxyl groups excluding tert-OH is 1. The summed E-state index contributed by atoms with van der Waals surface area (Å²) < 4.78 is 37.7. The zero-order chi connectivity index (χ0) is 22.0. The van der Waals surface area contributed by atoms with Gasteiger partial charge < -0.3 is 21.1 Å². The topological polar surface area (TPSA) is 85.8 Å². The molecule has 31 heavy (non-hydrogen) atoms. The summed E-state index contributed by atoms with van der Waals surface area (Å²) in [7, 11) is 1.60. The Morgan fingerprint density at radius 2 is 1.61 bits per heavy atom. The van der Waals surface area contributed by atoms with Gasteiger partial charge in [0.2, 0.25) is 0 Å². The van der Waals surface area contributed by atoms with Gasteiger partial charge in [-0.2, -0.15) is 13.2 Å². The number of halogens is 4. The Bertz CT molecular complexity index is 831. The summed E-state index contributed by atoms with van der Waals surface area (Å²) in [5, 5.41) is 18.4. The van der Waals surface area contributed by atoms with Crippen LogP contribution in [0.2, 0.25) is 0 Å². The van der Waals surface area contributed by atoms with Crippen molar-refractivity contribution >= 4 is 35.8 Å². The van der Waals surface area contributed by atoms with Crippen LogP contribution in [0.4, 0.5) is 13.2 Å². The number of guanidine groups is 1. The van der Waals surface area contributed by atoms with E-state index in [1.807, 2.05) is 30.3 Å². The van der Waals surface area contributed by atoms with Crippen LogP contribution in [0.25, 0.3) is 0 Å². The standard InChI is InChI=1S/C21H25F3N4O2.HI/c1-25-20(28-13-17(14-29)15-5-3-2-4-6-15)27-12-11-26-19(30)16-7-9-18(10-8-16)21(22,23)24;/h2-10,17,29H,11-14H2,1H3,(H,26,30)(H2,25,27,28);1H. The van der Waals surface area contributed by atoms with E-state index in [0.717, 1.165) is 29.8 Å². The van der Waals surface area contributed by atoms with E-state index in [9.17, 15) is 23.1 Å². The molecule has 10 heteroatoms. The molecule has 0 heterocycles. The zero-order valence-electron chi connectivity index (χ0n) is 16.9. The number of nitrogens with one attached hydrogen (secondary N) is 3. The molecule has 1 amide bonds. The minimum absolute atomic E-state index is 0. The maximum atomic E-state index is 12.6. The molecule has 1 unspecified atom stereocenters. The van der Waals surface area contributed by atoms with Gasteiger partial charge in [-0.1, -0.05) is 30.3 Å². The molecular weight excluding hydrogens is 524 g/mol. The second-order valence-corrected chi connectivity index (χ2v) is 6.50. The molecule has 2 rings (SSSR count). The summed E-state index contributed by atoms with van der Waals surface area (Å²) in [6.45, 7) is 1.07. The van der Waals surface area contributed by atoms with Gasteiger partial charge in [-0.3, -0.25) is 9.79 Å². The van der Waals surface area contributed by atoms with Crippen molar-refractivity contribution in [1.29, 1.82) is 0 Å². The van der Waals surface area contributed by atoms with E-state index in [1.165, 1.54) is 0 Å². The molecule has 1 atom stereocenters. The number of aliphatic imine (C=N–C) groups is 1. The van der Waals surface area contributed by atoms with Gasteiger partial charge in [-0.25, -0.2) is 0 Å². The maximum Gasteiger partial charge on any atom is 0.416 e. The highest BCUT2D eigenvalue weighted by Crippen LogP contribution is 2.29. The van der Waals surface area contributed by atoms with E-state index in [0.29, 0.717) is 19.0 Å². The molecule has 0 bridgehead atoms. The van der Waals surface area contributed by atoms with E-state index >= 15 is 0 Å². The Hall–Kier alpha value is -2.34. The van der Waals surface area contributed by atoms with E-state index in [1.54, 1.807) is 7.05 Å². The quantitative estimate of drug-likeness (QED) is 0.176. The summed E-state index contributed by atoms with van der Waals surface area (Å²) in [5.41, 5.74) is 0.359. The number of nitrogens with zero attached hydrogens (tertiary/aromatic N) is 1. The number of aliphatic hydroxyl groups is 1. The maximum absolute atomic E-state index is 12.6. The van der Waals surface area contributed by atoms with Crippen LogP contribution in [0.15, 0.2) is 59.6 Å². The number of amides is 1. The Morgan fingerprint density at radius 1 is 1.00 bits per heavy atom. The highest BCUT2D eigenvalue weighted by molar-refractivity contribution is 14.0. The lowest BCUT2D eigenvalue weighted by atomic mass is 10.0. The molecule has 170 valence electrons. The molecule has 0 aliphatic rings. The van der Waals surface area contributed by atoms with Gasteiger partial charge in [0.15, 0.2) is 5.96 Å². The first-order chi connectivity index (χ1) is 14.3. The molecule has 0 saturated carbocycles. The van der Waals surface area contributed by atoms with Gasteiger partial charge in [-0.05, 0) is 29.8 Å². The molecule has 6 nitrogen and oxygen atoms in total. The van der Waals surface area contributed by atoms with Crippen LogP contribution in [-0.2, 0) is 6.18 Å². The fourth-order valence-electron chi connectivity index (χ4n) is 2.72. The molecule has 0 spiro atoms. The largest absolute Gasteiger partial charge is 0.416 e. The van der Waals surface area contributed by atoms with Crippen LogP contribution >= 0.6 is 24.0 Å². The van der Waals surface area contributed by atoms with Crippen molar-refractivity contribution in [3.8, 4) is 0 Å². The van der Waals surface area contributed by atoms with Gasteiger partial charge in [-0.15, -0.1) is 24.0 Å². The minimum atomic E-state index is -4.43. The number of benzene rings is 2. The lowest BCUT2D eigenvalue weighted by molar-refractivity contribution is -0.137. The summed E-state index contributed by atoms with van der Waals surface area (Å²) >= 11 is 0. The third kappa shape index (κ3) is 8.74. The van der Waals surface area contributed by atoms with Crippen LogP contribution in [0, 0.1) is 0 Å². The molecule has 2 aromatic carbocycles. The summed E-state index contributed by atoms with van der Waals surface area (Å²) in [5.74, 6) is -0.0461. The van der Waals surface area contributed by atoms with E-state index < -0.39 is 17.6 Å². The Balaban J connectivity index is 0.00000480. The smallest absolute Gasteiger partial charge is 0.396 e. The number of carbonyl (C=O) groups excluding carboxylic acids is 1. The second-order valence-electron chi connectivity index (χ2n) is 6.50. The molecule has 0 saturated heterocycles. The van der Waals surface area contributed by atoms with Crippen molar-refractivity contribution in [2.24, 2.45) is 4.99 Å². The predicted octanol–water partition coefficient (Wildman–Crippen LogP) is 2.99. The van der Waals surface area contributed by atoms with Gasteiger partial charge in [0.25, 0.3) is 5.91 Å². The Morgan fingerprint density at radius 3 is 2.16 bits per heavy atom. The number of hydrogen-bond donors (Lipinski definition) is 4. The number of rotatable bonds is 8. The van der Waals surface area contributed by atoms with Crippen LogP contribution in [-0.4, -0.2) is 50.3 Å². The Labute approximate surface area is 196 Å². The van der Waals surface area contributed by atoms with Crippen LogP contribution in [0.3, 0.4) is 0 Å². The first kappa shape index (κ1) is 26.7. The van der Waals surface area contributed by atoms with Gasteiger partial charge in [0.05, 0.1) is 12.2 Å². The summed E-state index contributed by atoms with van der Waals surface area (Å²) in [6, 6.07) is 13.6. The Kier molecular flexibility index (Phi) is 11.3. The van der Waals surface area contributed by atoms with E-state index in [-0.39, 0.29) is 48.6 Å². The van der Waals surface area contributed by atoms with Crippen molar-refractivity contribution in [3.63, 3.8) is 0 Å². The average Bonchev–Trinajstić information content (AvgIpc) is 2.75. The van der Waals surface area contributed by atoms with Crippen molar-refractivity contribution in [3.05, 3.63) is 71.3 Å². The number of hydrogen-bond acceptors (Lipinski definition) is 3. The fourth-order valence-corrected chi connectivity index (χ4v) is 2.72. The average molecular weight is 550 g/mol. The van der Waals surface area contributed by atoms with Crippen LogP contribution < -0.4 is 16.0 Å². The molecule has 0 aliphatic carbocycles. The zero-order valence-corrected chi connectivity index (χ0v) is 19.3. The summed E-state index contributed by atoms with van der Waals surface area (Å²) in [4.78, 5) is 16.1. The molecule has 4 N–H and O–H groups in total. The second kappa shape index (κ2) is 13.2. The third-order valence-electron chi connectivity index (χ3n) is 4.41. The lowest BCUT2D eigenvalue weighted by Gasteiger charge is -2.18. The van der Waals surface area contributed by atoms with Crippen LogP contribution in [0.1, 0.15) is 27.4 Å². The molecule has 0 fully saturated rings. The van der Waals surface area contributed by atoms with Gasteiger partial charge >= 0.3 is 6.18 Å². The summed E-state index contributed by atoms with van der Waals surface area (Å²) in [6.07, 6.45) is -4.43. The van der Waals surface area contributed by atoms with Crippen molar-refractivity contribution in [2.45, 2.75) is 12.1 Å². The van der Waals surface area contributed by atoms with E-state index in [4.69, 9.17) is 0 Å². The number of alkyl halides is 3. The van der Waals surface area contributed by atoms with Crippen LogP contribution in [0.5, 0.6) is 0 Å². The minimum Gasteiger partial charge on any atom is -0.396 e. The van der Waals surface area contributed by atoms with Crippen molar-refractivity contribution in [1.82, 2.24) is 16.0 Å².